The van der Waals surface area contributed by atoms with Gasteiger partial charge in [-0.3, -0.25) is 19.0 Å². The van der Waals surface area contributed by atoms with Gasteiger partial charge in [0.15, 0.2) is 5.69 Å². The van der Waals surface area contributed by atoms with Crippen molar-refractivity contribution in [2.45, 2.75) is 179 Å². The standard InChI is InChI=1S/C49H80N6O4/c1-11-20-24-37(15-5)32-53(33-38(16-6)25-21-12-2)46(56)42-29-28-41(51-52-45-36(10)44(31-50)48(58)55(19-9)49(45)59)30-43(42)47(57)54(34-39(17-7)26-22-13-3)35-40(18-8)27-23-14-4/h28-30,37-40,59H,11-27,32-35H2,1-10H3/b52-51+. The lowest BCUT2D eigenvalue weighted by Crippen LogP contribution is -2.42. The second-order valence-electron chi connectivity index (χ2n) is 16.8. The molecule has 59 heavy (non-hydrogen) atoms. The third kappa shape index (κ3) is 15.2. The van der Waals surface area contributed by atoms with E-state index in [4.69, 9.17) is 0 Å². The van der Waals surface area contributed by atoms with Gasteiger partial charge in [-0.1, -0.05) is 132 Å². The summed E-state index contributed by atoms with van der Waals surface area (Å²) in [5, 5.41) is 29.7. The Bertz CT molecular complexity index is 1680. The Balaban J connectivity index is 2.91. The minimum atomic E-state index is -0.585. The molecule has 2 rings (SSSR count). The van der Waals surface area contributed by atoms with Gasteiger partial charge < -0.3 is 14.9 Å². The van der Waals surface area contributed by atoms with Gasteiger partial charge in [0.2, 0.25) is 5.88 Å². The Hall–Kier alpha value is -4.00. The molecule has 0 fully saturated rings. The van der Waals surface area contributed by atoms with E-state index < -0.39 is 5.56 Å². The van der Waals surface area contributed by atoms with Crippen LogP contribution < -0.4 is 5.56 Å². The van der Waals surface area contributed by atoms with Gasteiger partial charge in [0.25, 0.3) is 17.4 Å². The number of unbranched alkanes of at least 4 members (excludes halogenated alkanes) is 4. The average Bonchev–Trinajstić information content (AvgIpc) is 3.24. The van der Waals surface area contributed by atoms with Crippen LogP contribution in [0.25, 0.3) is 0 Å². The largest absolute Gasteiger partial charge is 0.493 e. The number of aromatic hydroxyl groups is 1. The molecule has 10 nitrogen and oxygen atoms in total. The zero-order valence-electron chi connectivity index (χ0n) is 38.7. The molecule has 0 aliphatic heterocycles. The molecule has 4 unspecified atom stereocenters. The number of hydrogen-bond donors (Lipinski definition) is 1. The fourth-order valence-corrected chi connectivity index (χ4v) is 8.15. The average molecular weight is 817 g/mol. The van der Waals surface area contributed by atoms with Crippen molar-refractivity contribution in [2.75, 3.05) is 26.2 Å². The van der Waals surface area contributed by atoms with Crippen LogP contribution in [-0.4, -0.2) is 57.5 Å². The third-order valence-electron chi connectivity index (χ3n) is 12.5. The van der Waals surface area contributed by atoms with Gasteiger partial charge in [-0.25, -0.2) is 0 Å². The van der Waals surface area contributed by atoms with Crippen molar-refractivity contribution in [2.24, 2.45) is 33.9 Å². The number of nitrogens with zero attached hydrogens (tertiary/aromatic N) is 6. The van der Waals surface area contributed by atoms with Gasteiger partial charge in [-0.2, -0.15) is 10.4 Å². The maximum absolute atomic E-state index is 15.3. The van der Waals surface area contributed by atoms with Crippen molar-refractivity contribution in [3.05, 3.63) is 50.8 Å². The summed E-state index contributed by atoms with van der Waals surface area (Å²) in [6.07, 6.45) is 16.9. The zero-order chi connectivity index (χ0) is 43.9. The monoisotopic (exact) mass is 817 g/mol. The number of aromatic nitrogens is 1. The van der Waals surface area contributed by atoms with E-state index in [-0.39, 0.29) is 41.1 Å². The van der Waals surface area contributed by atoms with E-state index in [1.54, 1.807) is 32.0 Å². The van der Waals surface area contributed by atoms with E-state index in [9.17, 15) is 15.2 Å². The molecule has 330 valence electrons. The molecule has 0 aliphatic rings. The maximum atomic E-state index is 15.3. The number of nitriles is 1. The fraction of sp³-hybridized carbons (Fsp3) is 0.714. The molecule has 4 atom stereocenters. The highest BCUT2D eigenvalue weighted by Gasteiger charge is 2.30. The van der Waals surface area contributed by atoms with Crippen molar-refractivity contribution in [1.29, 1.82) is 5.26 Å². The van der Waals surface area contributed by atoms with Gasteiger partial charge in [-0.05, 0) is 81.4 Å². The first-order chi connectivity index (χ1) is 28.4. The number of carbonyl (C=O) groups excluding carboxylic acids is 2. The Morgan fingerprint density at radius 1 is 0.678 bits per heavy atom. The SMILES string of the molecule is CCCCC(CC)CN(CC(CC)CCCC)C(=O)c1ccc(/N=N/c2c(C)c(C#N)c(=O)n(CC)c2O)cc1C(=O)N(CC(CC)CCCC)CC(CC)CCCC. The highest BCUT2D eigenvalue weighted by Crippen LogP contribution is 2.33. The third-order valence-corrected chi connectivity index (χ3v) is 12.5. The zero-order valence-corrected chi connectivity index (χ0v) is 38.7. The molecule has 1 aromatic carbocycles. The fourth-order valence-electron chi connectivity index (χ4n) is 8.15. The summed E-state index contributed by atoms with van der Waals surface area (Å²) < 4.78 is 1.10. The molecule has 0 spiro atoms. The first kappa shape index (κ1) is 51.1. The van der Waals surface area contributed by atoms with Crippen LogP contribution in [0.4, 0.5) is 11.4 Å². The van der Waals surface area contributed by atoms with Crippen LogP contribution in [0.15, 0.2) is 33.2 Å². The van der Waals surface area contributed by atoms with E-state index >= 15 is 9.59 Å². The molecule has 1 heterocycles. The van der Waals surface area contributed by atoms with E-state index in [0.29, 0.717) is 66.7 Å². The van der Waals surface area contributed by atoms with Gasteiger partial charge >= 0.3 is 0 Å². The lowest BCUT2D eigenvalue weighted by Gasteiger charge is -2.33. The molecule has 0 saturated heterocycles. The van der Waals surface area contributed by atoms with Crippen LogP contribution in [0.1, 0.15) is 197 Å². The van der Waals surface area contributed by atoms with Crippen LogP contribution in [0.2, 0.25) is 0 Å². The van der Waals surface area contributed by atoms with E-state index in [0.717, 1.165) is 107 Å². The highest BCUT2D eigenvalue weighted by molar-refractivity contribution is 6.08. The second kappa shape index (κ2) is 27.7. The van der Waals surface area contributed by atoms with Crippen LogP contribution in [0.5, 0.6) is 5.88 Å². The summed E-state index contributed by atoms with van der Waals surface area (Å²) in [5.41, 5.74) is 0.576. The maximum Gasteiger partial charge on any atom is 0.271 e. The van der Waals surface area contributed by atoms with Crippen molar-refractivity contribution >= 4 is 23.2 Å². The van der Waals surface area contributed by atoms with Crippen LogP contribution in [0.3, 0.4) is 0 Å². The number of benzene rings is 1. The lowest BCUT2D eigenvalue weighted by atomic mass is 9.93. The van der Waals surface area contributed by atoms with Crippen molar-refractivity contribution < 1.29 is 14.7 Å². The molecule has 1 N–H and O–H groups in total. The predicted molar refractivity (Wildman–Crippen MR) is 243 cm³/mol. The van der Waals surface area contributed by atoms with E-state index in [2.05, 4.69) is 65.6 Å². The van der Waals surface area contributed by atoms with Gasteiger partial charge in [0.1, 0.15) is 11.6 Å². The Morgan fingerprint density at radius 2 is 1.08 bits per heavy atom. The molecule has 0 aliphatic carbocycles. The van der Waals surface area contributed by atoms with Crippen molar-refractivity contribution in [3.63, 3.8) is 0 Å². The Morgan fingerprint density at radius 3 is 1.44 bits per heavy atom. The van der Waals surface area contributed by atoms with Crippen LogP contribution in [-0.2, 0) is 6.54 Å². The number of carbonyl (C=O) groups is 2. The first-order valence-corrected chi connectivity index (χ1v) is 23.4. The topological polar surface area (TPSA) is 131 Å². The van der Waals surface area contributed by atoms with Gasteiger partial charge in [0, 0.05) is 38.3 Å². The molecule has 0 bridgehead atoms. The van der Waals surface area contributed by atoms with Gasteiger partial charge in [-0.15, -0.1) is 5.11 Å². The quantitative estimate of drug-likeness (QED) is 0.0817. The summed E-state index contributed by atoms with van der Waals surface area (Å²) >= 11 is 0. The highest BCUT2D eigenvalue weighted by atomic mass is 16.3. The minimum Gasteiger partial charge on any atom is -0.493 e. The summed E-state index contributed by atoms with van der Waals surface area (Å²) in [6, 6.07) is 7.08. The Kier molecular flexibility index (Phi) is 24.0. The molecule has 2 aromatic rings. The van der Waals surface area contributed by atoms with Gasteiger partial charge in [0.05, 0.1) is 16.8 Å². The van der Waals surface area contributed by atoms with E-state index in [1.807, 2.05) is 15.9 Å². The first-order valence-electron chi connectivity index (χ1n) is 23.4. The normalized spacial score (nSPS) is 13.6. The molecule has 2 amide bonds. The lowest BCUT2D eigenvalue weighted by molar-refractivity contribution is 0.0646. The summed E-state index contributed by atoms with van der Waals surface area (Å²) in [6.45, 7) is 23.6. The summed E-state index contributed by atoms with van der Waals surface area (Å²) in [4.78, 5) is 47.3. The molecule has 0 saturated carbocycles. The smallest absolute Gasteiger partial charge is 0.271 e. The van der Waals surface area contributed by atoms with Crippen molar-refractivity contribution in [1.82, 2.24) is 14.4 Å². The van der Waals surface area contributed by atoms with E-state index in [1.165, 1.54) is 0 Å². The number of pyridine rings is 1. The molecule has 10 heteroatoms. The van der Waals surface area contributed by atoms with Crippen LogP contribution >= 0.6 is 0 Å². The summed E-state index contributed by atoms with van der Waals surface area (Å²) in [7, 11) is 0. The number of rotatable bonds is 29. The minimum absolute atomic E-state index is 0.0163. The number of amides is 2. The van der Waals surface area contributed by atoms with Crippen LogP contribution in [0, 0.1) is 41.9 Å². The molecule has 0 radical (unpaired) electrons. The summed E-state index contributed by atoms with van der Waals surface area (Å²) in [5.74, 6) is 0.725. The Labute approximate surface area is 357 Å². The second-order valence-corrected chi connectivity index (χ2v) is 16.8. The van der Waals surface area contributed by atoms with Crippen molar-refractivity contribution in [3.8, 4) is 11.9 Å². The molecular weight excluding hydrogens is 737 g/mol. The predicted octanol–water partition coefficient (Wildman–Crippen LogP) is 12.9. The number of azo groups is 1. The molecule has 1 aromatic heterocycles. The number of hydrogen-bond acceptors (Lipinski definition) is 7. The molecular formula is C49H80N6O4.